The Morgan fingerprint density at radius 1 is 1.44 bits per heavy atom. The van der Waals surface area contributed by atoms with Gasteiger partial charge in [-0.1, -0.05) is 6.92 Å². The molecule has 0 saturated heterocycles. The number of hydrogen-bond acceptors (Lipinski definition) is 3. The van der Waals surface area contributed by atoms with Crippen molar-refractivity contribution in [3.8, 4) is 0 Å². The molecule has 0 aliphatic heterocycles. The van der Waals surface area contributed by atoms with E-state index in [1.54, 1.807) is 11.1 Å². The van der Waals surface area contributed by atoms with E-state index in [-0.39, 0.29) is 18.7 Å². The molecule has 0 bridgehead atoms. The average Bonchev–Trinajstić information content (AvgIpc) is 2.71. The second-order valence-electron chi connectivity index (χ2n) is 4.16. The Kier molecular flexibility index (Phi) is 5.35. The minimum absolute atomic E-state index is 0.0414. The summed E-state index contributed by atoms with van der Waals surface area (Å²) in [6, 6.07) is 0. The first-order chi connectivity index (χ1) is 8.54. The zero-order chi connectivity index (χ0) is 13.5. The fourth-order valence-electron chi connectivity index (χ4n) is 1.65. The second kappa shape index (κ2) is 6.78. The molecule has 0 saturated carbocycles. The number of hydrogen-bond donors (Lipinski definition) is 1. The van der Waals surface area contributed by atoms with Crippen LogP contribution in [0.2, 0.25) is 0 Å². The highest BCUT2D eigenvalue weighted by atomic mass is 16.4. The molecule has 0 aliphatic rings. The van der Waals surface area contributed by atoms with Crippen LogP contribution in [-0.4, -0.2) is 38.0 Å². The third kappa shape index (κ3) is 4.20. The molecule has 0 atom stereocenters. The van der Waals surface area contributed by atoms with Gasteiger partial charge in [-0.05, 0) is 6.42 Å². The number of carbonyl (C=O) groups excluding carboxylic acids is 1. The van der Waals surface area contributed by atoms with Gasteiger partial charge in [-0.15, -0.1) is 0 Å². The monoisotopic (exact) mass is 253 g/mol. The molecule has 1 aromatic heterocycles. The summed E-state index contributed by atoms with van der Waals surface area (Å²) < 4.78 is 1.85. The number of aliphatic carboxylic acids is 1. The summed E-state index contributed by atoms with van der Waals surface area (Å²) in [6.45, 7) is 3.02. The van der Waals surface area contributed by atoms with Crippen LogP contribution in [-0.2, 0) is 23.2 Å². The number of carboxylic acids is 1. The van der Waals surface area contributed by atoms with Crippen LogP contribution in [0.15, 0.2) is 12.4 Å². The first kappa shape index (κ1) is 14.2. The lowest BCUT2D eigenvalue weighted by molar-refractivity contribution is -0.141. The van der Waals surface area contributed by atoms with Crippen molar-refractivity contribution < 1.29 is 14.7 Å². The summed E-state index contributed by atoms with van der Waals surface area (Å²) in [5.74, 6) is -0.286. The Labute approximate surface area is 106 Å². The molecule has 0 fully saturated rings. The van der Waals surface area contributed by atoms with Gasteiger partial charge in [-0.2, -0.15) is 0 Å². The first-order valence-corrected chi connectivity index (χ1v) is 6.00. The van der Waals surface area contributed by atoms with E-state index in [1.807, 2.05) is 24.7 Å². The maximum Gasteiger partial charge on any atom is 0.303 e. The lowest BCUT2D eigenvalue weighted by atomic mass is 10.2. The smallest absolute Gasteiger partial charge is 0.303 e. The molecule has 1 N–H and O–H groups in total. The quantitative estimate of drug-likeness (QED) is 0.787. The van der Waals surface area contributed by atoms with E-state index in [1.165, 1.54) is 0 Å². The van der Waals surface area contributed by atoms with Crippen molar-refractivity contribution in [2.75, 3.05) is 6.54 Å². The van der Waals surface area contributed by atoms with E-state index in [2.05, 4.69) is 4.98 Å². The molecule has 0 spiro atoms. The molecular formula is C12H19N3O3. The molecule has 0 radical (unpaired) electrons. The Bertz CT molecular complexity index is 414. The largest absolute Gasteiger partial charge is 0.481 e. The van der Waals surface area contributed by atoms with Crippen LogP contribution in [0.25, 0.3) is 0 Å². The standard InChI is InChI=1S/C12H19N3O3/c1-3-7-15(11(16)4-5-12(17)18)9-10-13-6-8-14(10)2/h6,8H,3-5,7,9H2,1-2H3,(H,17,18). The van der Waals surface area contributed by atoms with Crippen LogP contribution in [0, 0.1) is 0 Å². The zero-order valence-corrected chi connectivity index (χ0v) is 10.8. The molecular weight excluding hydrogens is 234 g/mol. The molecule has 1 amide bonds. The van der Waals surface area contributed by atoms with Gasteiger partial charge in [0.1, 0.15) is 5.82 Å². The number of nitrogens with zero attached hydrogens (tertiary/aromatic N) is 3. The average molecular weight is 253 g/mol. The van der Waals surface area contributed by atoms with E-state index in [4.69, 9.17) is 5.11 Å². The number of carbonyl (C=O) groups is 2. The summed E-state index contributed by atoms with van der Waals surface area (Å²) in [5.41, 5.74) is 0. The van der Waals surface area contributed by atoms with Crippen LogP contribution in [0.5, 0.6) is 0 Å². The third-order valence-electron chi connectivity index (χ3n) is 2.65. The lowest BCUT2D eigenvalue weighted by Gasteiger charge is -2.21. The minimum Gasteiger partial charge on any atom is -0.481 e. The maximum atomic E-state index is 11.9. The second-order valence-corrected chi connectivity index (χ2v) is 4.16. The zero-order valence-electron chi connectivity index (χ0n) is 10.8. The van der Waals surface area contributed by atoms with Gasteiger partial charge in [0.25, 0.3) is 0 Å². The minimum atomic E-state index is -0.947. The molecule has 0 unspecified atom stereocenters. The van der Waals surface area contributed by atoms with Crippen molar-refractivity contribution in [2.45, 2.75) is 32.7 Å². The number of rotatable bonds is 7. The van der Waals surface area contributed by atoms with E-state index in [9.17, 15) is 9.59 Å². The summed E-state index contributed by atoms with van der Waals surface area (Å²) >= 11 is 0. The van der Waals surface area contributed by atoms with Crippen LogP contribution in [0.3, 0.4) is 0 Å². The summed E-state index contributed by atoms with van der Waals surface area (Å²) in [6.07, 6.45) is 4.25. The predicted octanol–water partition coefficient (Wildman–Crippen LogP) is 1.02. The summed E-state index contributed by atoms with van der Waals surface area (Å²) in [4.78, 5) is 28.2. The van der Waals surface area contributed by atoms with Crippen molar-refractivity contribution >= 4 is 11.9 Å². The predicted molar refractivity (Wildman–Crippen MR) is 65.8 cm³/mol. The van der Waals surface area contributed by atoms with E-state index in [0.29, 0.717) is 13.1 Å². The molecule has 100 valence electrons. The van der Waals surface area contributed by atoms with Gasteiger partial charge in [0.2, 0.25) is 5.91 Å². The number of carboxylic acid groups (broad SMARTS) is 1. The summed E-state index contributed by atoms with van der Waals surface area (Å²) in [5, 5.41) is 8.59. The Morgan fingerprint density at radius 2 is 2.17 bits per heavy atom. The van der Waals surface area contributed by atoms with Gasteiger partial charge in [0.15, 0.2) is 0 Å². The van der Waals surface area contributed by atoms with Gasteiger partial charge < -0.3 is 14.6 Å². The topological polar surface area (TPSA) is 75.4 Å². The number of imidazole rings is 1. The Balaban J connectivity index is 2.61. The Morgan fingerprint density at radius 3 is 2.67 bits per heavy atom. The molecule has 1 heterocycles. The van der Waals surface area contributed by atoms with E-state index >= 15 is 0 Å². The molecule has 0 aliphatic carbocycles. The fourth-order valence-corrected chi connectivity index (χ4v) is 1.65. The number of amides is 1. The van der Waals surface area contributed by atoms with E-state index < -0.39 is 5.97 Å². The van der Waals surface area contributed by atoms with Crippen molar-refractivity contribution in [3.05, 3.63) is 18.2 Å². The fraction of sp³-hybridized carbons (Fsp3) is 0.583. The molecule has 6 heteroatoms. The van der Waals surface area contributed by atoms with Crippen LogP contribution in [0.1, 0.15) is 32.0 Å². The lowest BCUT2D eigenvalue weighted by Crippen LogP contribution is -2.32. The molecule has 1 rings (SSSR count). The van der Waals surface area contributed by atoms with Crippen molar-refractivity contribution in [1.29, 1.82) is 0 Å². The maximum absolute atomic E-state index is 11.9. The molecule has 6 nitrogen and oxygen atoms in total. The van der Waals surface area contributed by atoms with Gasteiger partial charge in [-0.3, -0.25) is 9.59 Å². The highest BCUT2D eigenvalue weighted by Crippen LogP contribution is 2.06. The van der Waals surface area contributed by atoms with Gasteiger partial charge >= 0.3 is 5.97 Å². The normalized spacial score (nSPS) is 10.3. The van der Waals surface area contributed by atoms with Crippen molar-refractivity contribution in [2.24, 2.45) is 7.05 Å². The first-order valence-electron chi connectivity index (χ1n) is 6.00. The molecule has 0 aromatic carbocycles. The van der Waals surface area contributed by atoms with Crippen LogP contribution in [0.4, 0.5) is 0 Å². The highest BCUT2D eigenvalue weighted by molar-refractivity contribution is 5.80. The van der Waals surface area contributed by atoms with Gasteiger partial charge in [-0.25, -0.2) is 4.98 Å². The SMILES string of the molecule is CCCN(Cc1nccn1C)C(=O)CCC(=O)O. The highest BCUT2D eigenvalue weighted by Gasteiger charge is 2.16. The van der Waals surface area contributed by atoms with Gasteiger partial charge in [0.05, 0.1) is 13.0 Å². The summed E-state index contributed by atoms with van der Waals surface area (Å²) in [7, 11) is 1.87. The number of aromatic nitrogens is 2. The van der Waals surface area contributed by atoms with Crippen molar-refractivity contribution in [1.82, 2.24) is 14.5 Å². The Hall–Kier alpha value is -1.85. The number of aryl methyl sites for hydroxylation is 1. The van der Waals surface area contributed by atoms with Crippen LogP contribution < -0.4 is 0 Å². The molecule has 1 aromatic rings. The molecule has 18 heavy (non-hydrogen) atoms. The van der Waals surface area contributed by atoms with Crippen LogP contribution >= 0.6 is 0 Å². The van der Waals surface area contributed by atoms with Gasteiger partial charge in [0, 0.05) is 32.4 Å². The van der Waals surface area contributed by atoms with Crippen molar-refractivity contribution in [3.63, 3.8) is 0 Å². The third-order valence-corrected chi connectivity index (χ3v) is 2.65. The van der Waals surface area contributed by atoms with E-state index in [0.717, 1.165) is 12.2 Å².